The van der Waals surface area contributed by atoms with Gasteiger partial charge < -0.3 is 25.4 Å². The predicted octanol–water partition coefficient (Wildman–Crippen LogP) is 5.45. The van der Waals surface area contributed by atoms with Crippen molar-refractivity contribution < 1.29 is 24.2 Å². The molecule has 0 aromatic heterocycles. The maximum absolute atomic E-state index is 14.2. The summed E-state index contributed by atoms with van der Waals surface area (Å²) in [5.74, 6) is -0.670. The van der Waals surface area contributed by atoms with Gasteiger partial charge >= 0.3 is 6.09 Å². The highest BCUT2D eigenvalue weighted by Gasteiger charge is 2.36. The molecule has 0 radical (unpaired) electrons. The number of ether oxygens (including phenoxy) is 1. The number of alkyl carbamates (subject to hydrolysis) is 1. The van der Waals surface area contributed by atoms with Crippen molar-refractivity contribution in [3.63, 3.8) is 0 Å². The fourth-order valence-corrected chi connectivity index (χ4v) is 4.41. The van der Waals surface area contributed by atoms with Crippen LogP contribution in [0.15, 0.2) is 61.2 Å². The van der Waals surface area contributed by atoms with Crippen LogP contribution in [0, 0.1) is 0 Å². The number of hydrogen-bond acceptors (Lipinski definition) is 5. The minimum Gasteiger partial charge on any atom is -0.508 e. The number of aryl methyl sites for hydroxylation is 1. The molecule has 3 unspecified atom stereocenters. The summed E-state index contributed by atoms with van der Waals surface area (Å²) in [4.78, 5) is 42.3. The van der Waals surface area contributed by atoms with Crippen LogP contribution in [-0.4, -0.2) is 52.1 Å². The van der Waals surface area contributed by atoms with E-state index in [1.807, 2.05) is 38.1 Å². The first-order chi connectivity index (χ1) is 18.9. The number of benzene rings is 2. The second-order valence-electron chi connectivity index (χ2n) is 11.0. The quantitative estimate of drug-likeness (QED) is 0.287. The van der Waals surface area contributed by atoms with Crippen LogP contribution in [-0.2, 0) is 27.2 Å². The number of amides is 3. The zero-order valence-electron chi connectivity index (χ0n) is 24.7. The van der Waals surface area contributed by atoms with Gasteiger partial charge in [-0.3, -0.25) is 9.59 Å². The number of carbonyl (C=O) groups is 3. The van der Waals surface area contributed by atoms with Crippen molar-refractivity contribution in [1.29, 1.82) is 0 Å². The molecule has 0 saturated carbocycles. The lowest BCUT2D eigenvalue weighted by Crippen LogP contribution is -2.54. The molecule has 3 atom stereocenters. The van der Waals surface area contributed by atoms with E-state index in [0.717, 1.165) is 30.4 Å². The second kappa shape index (κ2) is 15.1. The van der Waals surface area contributed by atoms with Crippen LogP contribution >= 0.6 is 0 Å². The Morgan fingerprint density at radius 1 is 1.00 bits per heavy atom. The van der Waals surface area contributed by atoms with Gasteiger partial charge in [0.05, 0.1) is 0 Å². The van der Waals surface area contributed by atoms with E-state index < -0.39 is 29.7 Å². The van der Waals surface area contributed by atoms with Gasteiger partial charge in [-0.2, -0.15) is 0 Å². The van der Waals surface area contributed by atoms with E-state index in [1.54, 1.807) is 39.0 Å². The van der Waals surface area contributed by atoms with E-state index in [0.29, 0.717) is 5.56 Å². The fraction of sp³-hybridized carbons (Fsp3) is 0.469. The number of hydrogen-bond donors (Lipinski definition) is 3. The summed E-state index contributed by atoms with van der Waals surface area (Å²) in [7, 11) is 0. The molecule has 8 heteroatoms. The monoisotopic (exact) mass is 551 g/mol. The predicted molar refractivity (Wildman–Crippen MR) is 158 cm³/mol. The van der Waals surface area contributed by atoms with E-state index in [1.165, 1.54) is 17.0 Å². The third kappa shape index (κ3) is 10.1. The van der Waals surface area contributed by atoms with Crippen molar-refractivity contribution in [3.8, 4) is 5.75 Å². The lowest BCUT2D eigenvalue weighted by atomic mass is 9.98. The maximum atomic E-state index is 14.2. The Kier molecular flexibility index (Phi) is 12.2. The molecule has 0 heterocycles. The largest absolute Gasteiger partial charge is 0.508 e. The Balaban J connectivity index is 2.53. The molecule has 0 bridgehead atoms. The first-order valence-electron chi connectivity index (χ1n) is 14.0. The molecule has 2 aromatic rings. The summed E-state index contributed by atoms with van der Waals surface area (Å²) in [6, 6.07) is 12.0. The van der Waals surface area contributed by atoms with Crippen molar-refractivity contribution in [2.45, 2.75) is 91.0 Å². The summed E-state index contributed by atoms with van der Waals surface area (Å²) >= 11 is 0. The van der Waals surface area contributed by atoms with Gasteiger partial charge in [-0.15, -0.1) is 6.58 Å². The third-order valence-corrected chi connectivity index (χ3v) is 6.35. The van der Waals surface area contributed by atoms with Crippen molar-refractivity contribution in [2.24, 2.45) is 0 Å². The molecule has 0 spiro atoms. The average Bonchev–Trinajstić information content (AvgIpc) is 2.88. The van der Waals surface area contributed by atoms with Gasteiger partial charge in [0.15, 0.2) is 0 Å². The molecular weight excluding hydrogens is 506 g/mol. The number of phenolic OH excluding ortho intramolecular Hbond substituents is 1. The second-order valence-corrected chi connectivity index (χ2v) is 11.0. The van der Waals surface area contributed by atoms with E-state index in [9.17, 15) is 19.5 Å². The number of phenols is 1. The van der Waals surface area contributed by atoms with E-state index in [4.69, 9.17) is 4.74 Å². The van der Waals surface area contributed by atoms with Gasteiger partial charge in [0.1, 0.15) is 23.4 Å². The molecule has 218 valence electrons. The van der Waals surface area contributed by atoms with E-state index >= 15 is 0 Å². The smallest absolute Gasteiger partial charge is 0.408 e. The Morgan fingerprint density at radius 3 is 2.12 bits per heavy atom. The van der Waals surface area contributed by atoms with Gasteiger partial charge in [0, 0.05) is 19.0 Å². The van der Waals surface area contributed by atoms with Crippen molar-refractivity contribution in [3.05, 3.63) is 77.9 Å². The first-order valence-corrected chi connectivity index (χ1v) is 14.0. The summed E-state index contributed by atoms with van der Waals surface area (Å²) in [5.41, 5.74) is 1.72. The van der Waals surface area contributed by atoms with Crippen molar-refractivity contribution >= 4 is 17.9 Å². The van der Waals surface area contributed by atoms with Crippen LogP contribution in [0.2, 0.25) is 0 Å². The SMILES string of the molecule is C=CCN(C(=O)C(Cc1ccc(O)cc1)NC(=O)OC(C)(C)C)C(C(=O)NC(C)CCC)c1ccc(CC)cc1. The molecule has 2 rings (SSSR count). The lowest BCUT2D eigenvalue weighted by molar-refractivity contribution is -0.142. The van der Waals surface area contributed by atoms with Gasteiger partial charge in [-0.1, -0.05) is 62.7 Å². The van der Waals surface area contributed by atoms with E-state index in [-0.39, 0.29) is 30.7 Å². The number of rotatable bonds is 13. The Morgan fingerprint density at radius 2 is 1.60 bits per heavy atom. The number of nitrogens with zero attached hydrogens (tertiary/aromatic N) is 1. The topological polar surface area (TPSA) is 108 Å². The Labute approximate surface area is 238 Å². The normalized spacial score (nSPS) is 13.4. The fourth-order valence-electron chi connectivity index (χ4n) is 4.41. The average molecular weight is 552 g/mol. The molecule has 8 nitrogen and oxygen atoms in total. The Hall–Kier alpha value is -3.81. The van der Waals surface area contributed by atoms with E-state index in [2.05, 4.69) is 24.1 Å². The molecule has 40 heavy (non-hydrogen) atoms. The lowest BCUT2D eigenvalue weighted by Gasteiger charge is -2.34. The van der Waals surface area contributed by atoms with Crippen LogP contribution in [0.25, 0.3) is 0 Å². The first kappa shape index (κ1) is 32.4. The molecule has 0 aliphatic heterocycles. The van der Waals surface area contributed by atoms with Crippen LogP contribution in [0.1, 0.15) is 77.1 Å². The summed E-state index contributed by atoms with van der Waals surface area (Å²) in [6.45, 7) is 15.2. The molecular formula is C32H45N3O5. The van der Waals surface area contributed by atoms with Crippen LogP contribution in [0.5, 0.6) is 5.75 Å². The molecule has 0 aliphatic carbocycles. The zero-order chi connectivity index (χ0) is 29.9. The highest BCUT2D eigenvalue weighted by atomic mass is 16.6. The molecule has 2 aromatic carbocycles. The molecule has 0 saturated heterocycles. The molecule has 3 N–H and O–H groups in total. The van der Waals surface area contributed by atoms with Gasteiger partial charge in [-0.05, 0) is 69.4 Å². The van der Waals surface area contributed by atoms with Crippen molar-refractivity contribution in [1.82, 2.24) is 15.5 Å². The highest BCUT2D eigenvalue weighted by molar-refractivity contribution is 5.92. The van der Waals surface area contributed by atoms with Gasteiger partial charge in [0.2, 0.25) is 11.8 Å². The third-order valence-electron chi connectivity index (χ3n) is 6.35. The van der Waals surface area contributed by atoms with Crippen molar-refractivity contribution in [2.75, 3.05) is 6.54 Å². The van der Waals surface area contributed by atoms with Gasteiger partial charge in [0.25, 0.3) is 0 Å². The number of aromatic hydroxyl groups is 1. The minimum atomic E-state index is -1.04. The van der Waals surface area contributed by atoms with Crippen LogP contribution < -0.4 is 10.6 Å². The summed E-state index contributed by atoms with van der Waals surface area (Å²) < 4.78 is 5.45. The maximum Gasteiger partial charge on any atom is 0.408 e. The molecule has 0 fully saturated rings. The molecule has 0 aliphatic rings. The highest BCUT2D eigenvalue weighted by Crippen LogP contribution is 2.25. The number of carbonyl (C=O) groups excluding carboxylic acids is 3. The Bertz CT molecular complexity index is 1120. The van der Waals surface area contributed by atoms with Crippen LogP contribution in [0.4, 0.5) is 4.79 Å². The number of nitrogens with one attached hydrogen (secondary N) is 2. The van der Waals surface area contributed by atoms with Gasteiger partial charge in [-0.25, -0.2) is 4.79 Å². The minimum absolute atomic E-state index is 0.0800. The summed E-state index contributed by atoms with van der Waals surface area (Å²) in [6.07, 6.45) is 3.50. The molecule has 3 amide bonds. The zero-order valence-corrected chi connectivity index (χ0v) is 24.7. The van der Waals surface area contributed by atoms with Crippen LogP contribution in [0.3, 0.4) is 0 Å². The standard InChI is InChI=1S/C32H45N3O5/c1-8-11-22(4)33-29(37)28(25-16-12-23(10-3)13-17-25)35(20-9-2)30(38)27(34-31(39)40-32(5,6)7)21-24-14-18-26(36)19-15-24/h9,12-19,22,27-28,36H,2,8,10-11,20-21H2,1,3-7H3,(H,33,37)(H,34,39). The summed E-state index contributed by atoms with van der Waals surface area (Å²) in [5, 5.41) is 15.5.